The van der Waals surface area contributed by atoms with Crippen LogP contribution in [0.5, 0.6) is 0 Å². The Morgan fingerprint density at radius 1 is 1.37 bits per heavy atom. The van der Waals surface area contributed by atoms with Crippen molar-refractivity contribution in [3.63, 3.8) is 0 Å². The quantitative estimate of drug-likeness (QED) is 0.351. The summed E-state index contributed by atoms with van der Waals surface area (Å²) >= 11 is 5.60. The number of hydrogen-bond acceptors (Lipinski definition) is 5. The van der Waals surface area contributed by atoms with Crippen LogP contribution in [0.3, 0.4) is 0 Å². The molecule has 1 heterocycles. The van der Waals surface area contributed by atoms with Crippen molar-refractivity contribution in [3.05, 3.63) is 0 Å². The molecule has 8 heteroatoms. The summed E-state index contributed by atoms with van der Waals surface area (Å²) < 4.78 is 35.7. The van der Waals surface area contributed by atoms with Crippen LogP contribution in [0.4, 0.5) is 0 Å². The Labute approximate surface area is 119 Å². The highest BCUT2D eigenvalue weighted by molar-refractivity contribution is 7.51. The fraction of sp³-hybridized carbons (Fsp3) is 1.00. The van der Waals surface area contributed by atoms with E-state index in [-0.39, 0.29) is 19.5 Å². The minimum atomic E-state index is -3.27. The zero-order valence-corrected chi connectivity index (χ0v) is 13.2. The molecule has 0 aromatic carbocycles. The molecule has 6 nitrogen and oxygen atoms in total. The van der Waals surface area contributed by atoms with Gasteiger partial charge in [-0.15, -0.1) is 11.6 Å². The maximum Gasteiger partial charge on any atom is 0.408 e. The summed E-state index contributed by atoms with van der Waals surface area (Å²) in [5.41, 5.74) is 0. The first-order valence-electron chi connectivity index (χ1n) is 6.56. The topological polar surface area (TPSA) is 57.2 Å². The van der Waals surface area contributed by atoms with Gasteiger partial charge in [-0.05, 0) is 6.42 Å². The molecule has 1 fully saturated rings. The number of rotatable bonds is 10. The van der Waals surface area contributed by atoms with Crippen LogP contribution >= 0.6 is 19.3 Å². The maximum atomic E-state index is 12.7. The lowest BCUT2D eigenvalue weighted by atomic mass is 10.4. The summed E-state index contributed by atoms with van der Waals surface area (Å²) in [5.74, 6) is 0.470. The molecule has 19 heavy (non-hydrogen) atoms. The molecular formula is C11H23ClNO5P. The van der Waals surface area contributed by atoms with Crippen LogP contribution in [0.2, 0.25) is 0 Å². The number of hydrogen-bond donors (Lipinski definition) is 0. The second-order valence-corrected chi connectivity index (χ2v) is 6.45. The molecule has 1 aliphatic heterocycles. The fourth-order valence-corrected chi connectivity index (χ4v) is 3.57. The third-order valence-corrected chi connectivity index (χ3v) is 5.23. The maximum absolute atomic E-state index is 12.7. The molecule has 114 valence electrons. The van der Waals surface area contributed by atoms with Gasteiger partial charge in [0.15, 0.2) is 0 Å². The summed E-state index contributed by atoms with van der Waals surface area (Å²) in [6.45, 7) is 6.26. The van der Waals surface area contributed by atoms with Gasteiger partial charge in [0.1, 0.15) is 12.9 Å². The van der Waals surface area contributed by atoms with E-state index >= 15 is 0 Å². The summed E-state index contributed by atoms with van der Waals surface area (Å²) in [6, 6.07) is 0. The first-order chi connectivity index (χ1) is 9.16. The highest BCUT2D eigenvalue weighted by Gasteiger charge is 2.33. The Bertz CT molecular complexity index is 284. The molecular weight excluding hydrogens is 293 g/mol. The third kappa shape index (κ3) is 5.68. The average Bonchev–Trinajstić information content (AvgIpc) is 2.91. The van der Waals surface area contributed by atoms with E-state index in [0.29, 0.717) is 38.6 Å². The monoisotopic (exact) mass is 315 g/mol. The van der Waals surface area contributed by atoms with E-state index in [0.717, 1.165) is 0 Å². The third-order valence-electron chi connectivity index (χ3n) is 2.72. The molecule has 0 radical (unpaired) electrons. The Balaban J connectivity index is 2.53. The Morgan fingerprint density at radius 2 is 2.11 bits per heavy atom. The Kier molecular flexibility index (Phi) is 8.50. The molecule has 0 amide bonds. The van der Waals surface area contributed by atoms with E-state index in [1.54, 1.807) is 4.67 Å². The highest BCUT2D eigenvalue weighted by atomic mass is 35.5. The minimum Gasteiger partial charge on any atom is -0.353 e. The molecule has 0 bridgehead atoms. The zero-order valence-electron chi connectivity index (χ0n) is 11.5. The fourth-order valence-electron chi connectivity index (χ4n) is 1.65. The summed E-state index contributed by atoms with van der Waals surface area (Å²) in [6.07, 6.45) is 0.458. The van der Waals surface area contributed by atoms with Gasteiger partial charge in [-0.25, -0.2) is 9.24 Å². The number of ether oxygens (including phenoxy) is 2. The van der Waals surface area contributed by atoms with Crippen molar-refractivity contribution in [2.45, 2.75) is 26.4 Å². The first kappa shape index (κ1) is 17.4. The van der Waals surface area contributed by atoms with Crippen molar-refractivity contribution in [3.8, 4) is 0 Å². The van der Waals surface area contributed by atoms with Crippen LogP contribution in [0.15, 0.2) is 0 Å². The molecule has 1 saturated heterocycles. The molecule has 0 saturated carbocycles. The molecule has 2 unspecified atom stereocenters. The summed E-state index contributed by atoms with van der Waals surface area (Å²) in [5, 5.41) is 0. The SMILES string of the molecule is CCN(CC)P(=O)(OCCCCl)OCC1COCO1. The van der Waals surface area contributed by atoms with Crippen LogP contribution in [0.1, 0.15) is 20.3 Å². The Hall–Kier alpha value is 0.320. The molecule has 1 rings (SSSR count). The molecule has 0 aliphatic carbocycles. The van der Waals surface area contributed by atoms with E-state index in [9.17, 15) is 4.57 Å². The summed E-state index contributed by atoms with van der Waals surface area (Å²) in [7, 11) is -3.27. The van der Waals surface area contributed by atoms with Gasteiger partial charge in [-0.3, -0.25) is 9.05 Å². The van der Waals surface area contributed by atoms with E-state index in [4.69, 9.17) is 30.1 Å². The van der Waals surface area contributed by atoms with Crippen LogP contribution < -0.4 is 0 Å². The average molecular weight is 316 g/mol. The van der Waals surface area contributed by atoms with Crippen LogP contribution in [-0.4, -0.2) is 56.4 Å². The predicted molar refractivity (Wildman–Crippen MR) is 73.5 cm³/mol. The molecule has 1 aliphatic rings. The minimum absolute atomic E-state index is 0.180. The van der Waals surface area contributed by atoms with Crippen molar-refractivity contribution in [2.75, 3.05) is 45.6 Å². The normalized spacial score (nSPS) is 22.8. The van der Waals surface area contributed by atoms with E-state index < -0.39 is 7.75 Å². The number of alkyl halides is 1. The lowest BCUT2D eigenvalue weighted by molar-refractivity contribution is 0.0258. The lowest BCUT2D eigenvalue weighted by Crippen LogP contribution is -2.26. The summed E-state index contributed by atoms with van der Waals surface area (Å²) in [4.78, 5) is 0. The van der Waals surface area contributed by atoms with E-state index in [1.807, 2.05) is 13.8 Å². The zero-order chi connectivity index (χ0) is 14.1. The molecule has 0 aromatic rings. The second kappa shape index (κ2) is 9.29. The Morgan fingerprint density at radius 3 is 2.63 bits per heavy atom. The standard InChI is InChI=1S/C11H23ClNO5P/c1-3-13(4-2)19(14,17-7-5-6-12)18-9-11-8-15-10-16-11/h11H,3-10H2,1-2H3. The van der Waals surface area contributed by atoms with Crippen LogP contribution in [-0.2, 0) is 23.1 Å². The van der Waals surface area contributed by atoms with Gasteiger partial charge < -0.3 is 9.47 Å². The van der Waals surface area contributed by atoms with Gasteiger partial charge >= 0.3 is 7.75 Å². The van der Waals surface area contributed by atoms with Crippen molar-refractivity contribution in [1.82, 2.24) is 4.67 Å². The predicted octanol–water partition coefficient (Wildman–Crippen LogP) is 2.47. The van der Waals surface area contributed by atoms with Crippen LogP contribution in [0, 0.1) is 0 Å². The lowest BCUT2D eigenvalue weighted by Gasteiger charge is -2.28. The van der Waals surface area contributed by atoms with E-state index in [2.05, 4.69) is 0 Å². The van der Waals surface area contributed by atoms with E-state index in [1.165, 1.54) is 0 Å². The van der Waals surface area contributed by atoms with Crippen molar-refractivity contribution in [2.24, 2.45) is 0 Å². The smallest absolute Gasteiger partial charge is 0.353 e. The molecule has 0 N–H and O–H groups in total. The van der Waals surface area contributed by atoms with Crippen molar-refractivity contribution in [1.29, 1.82) is 0 Å². The first-order valence-corrected chi connectivity index (χ1v) is 8.59. The van der Waals surface area contributed by atoms with Gasteiger partial charge in [0, 0.05) is 19.0 Å². The number of nitrogens with zero attached hydrogens (tertiary/aromatic N) is 1. The highest BCUT2D eigenvalue weighted by Crippen LogP contribution is 2.52. The molecule has 0 spiro atoms. The van der Waals surface area contributed by atoms with Crippen LogP contribution in [0.25, 0.3) is 0 Å². The number of halogens is 1. The van der Waals surface area contributed by atoms with Gasteiger partial charge in [-0.2, -0.15) is 0 Å². The van der Waals surface area contributed by atoms with Gasteiger partial charge in [0.25, 0.3) is 0 Å². The van der Waals surface area contributed by atoms with Crippen molar-refractivity contribution >= 4 is 19.3 Å². The largest absolute Gasteiger partial charge is 0.408 e. The second-order valence-electron chi connectivity index (χ2n) is 4.06. The van der Waals surface area contributed by atoms with Gasteiger partial charge in [0.05, 0.1) is 19.8 Å². The van der Waals surface area contributed by atoms with Crippen molar-refractivity contribution < 1.29 is 23.1 Å². The van der Waals surface area contributed by atoms with Gasteiger partial charge in [0.2, 0.25) is 0 Å². The molecule has 0 aromatic heterocycles. The van der Waals surface area contributed by atoms with Gasteiger partial charge in [-0.1, -0.05) is 13.8 Å². The molecule has 2 atom stereocenters.